The van der Waals surface area contributed by atoms with Crippen molar-refractivity contribution >= 4 is 23.9 Å². The molecule has 2 rings (SSSR count). The third-order valence-corrected chi connectivity index (χ3v) is 6.42. The lowest BCUT2D eigenvalue weighted by Crippen LogP contribution is -2.58. The number of nitrogens with zero attached hydrogens (tertiary/aromatic N) is 1. The minimum atomic E-state index is -1.38. The van der Waals surface area contributed by atoms with E-state index in [2.05, 4.69) is 10.6 Å². The maximum atomic E-state index is 14.2. The number of nitrogens with one attached hydrogen (secondary N) is 2. The topological polar surface area (TPSA) is 134 Å². The van der Waals surface area contributed by atoms with Crippen LogP contribution in [-0.4, -0.2) is 69.8 Å². The van der Waals surface area contributed by atoms with E-state index >= 15 is 0 Å². The summed E-state index contributed by atoms with van der Waals surface area (Å²) in [7, 11) is 0. The van der Waals surface area contributed by atoms with Gasteiger partial charge in [0.25, 0.3) is 0 Å². The second-order valence-electron chi connectivity index (χ2n) is 12.5. The molecule has 0 bridgehead atoms. The monoisotopic (exact) mass is 597 g/mol. The highest BCUT2D eigenvalue weighted by Crippen LogP contribution is 2.27. The quantitative estimate of drug-likeness (QED) is 0.311. The van der Waals surface area contributed by atoms with Gasteiger partial charge in [-0.25, -0.2) is 9.59 Å². The molecular formula is C33H47N3O7. The van der Waals surface area contributed by atoms with Crippen molar-refractivity contribution in [3.8, 4) is 0 Å². The van der Waals surface area contributed by atoms with Crippen LogP contribution < -0.4 is 10.6 Å². The van der Waals surface area contributed by atoms with Gasteiger partial charge in [-0.15, -0.1) is 0 Å². The molecule has 0 radical (unpaired) electrons. The number of aliphatic hydroxyl groups excluding tert-OH is 1. The van der Waals surface area contributed by atoms with Gasteiger partial charge < -0.3 is 30.1 Å². The van der Waals surface area contributed by atoms with Gasteiger partial charge in [-0.3, -0.25) is 9.59 Å². The highest BCUT2D eigenvalue weighted by Gasteiger charge is 2.40. The van der Waals surface area contributed by atoms with E-state index in [1.165, 1.54) is 4.90 Å². The molecule has 3 N–H and O–H groups in total. The number of hydrogen-bond acceptors (Lipinski definition) is 7. The average molecular weight is 598 g/mol. The molecule has 10 heteroatoms. The Bertz CT molecular complexity index is 1210. The maximum Gasteiger partial charge on any atom is 0.408 e. The van der Waals surface area contributed by atoms with Crippen LogP contribution in [0.25, 0.3) is 0 Å². The van der Waals surface area contributed by atoms with Crippen LogP contribution in [0.15, 0.2) is 60.7 Å². The minimum Gasteiger partial charge on any atom is -0.458 e. The summed E-state index contributed by atoms with van der Waals surface area (Å²) >= 11 is 0. The van der Waals surface area contributed by atoms with E-state index in [-0.39, 0.29) is 6.42 Å². The molecule has 0 aliphatic heterocycles. The lowest BCUT2D eigenvalue weighted by molar-refractivity contribution is -0.159. The SMILES string of the molecule is CCC(C)N(C(=O)C(CO)NC(=O)OC(C)(C)C)C(C(=O)NC(Cc1ccccc1)C(=O)OC(C)(C)C)c1ccccc1. The number of carbonyl (C=O) groups excluding carboxylic acids is 4. The Morgan fingerprint density at radius 2 is 1.35 bits per heavy atom. The number of aliphatic hydroxyl groups is 1. The number of rotatable bonds is 12. The van der Waals surface area contributed by atoms with Crippen molar-refractivity contribution in [2.75, 3.05) is 6.61 Å². The average Bonchev–Trinajstić information content (AvgIpc) is 2.92. The van der Waals surface area contributed by atoms with Crippen LogP contribution in [0.1, 0.15) is 79.0 Å². The van der Waals surface area contributed by atoms with Crippen LogP contribution in [0.3, 0.4) is 0 Å². The van der Waals surface area contributed by atoms with Gasteiger partial charge in [-0.1, -0.05) is 67.6 Å². The molecule has 0 aromatic heterocycles. The van der Waals surface area contributed by atoms with Crippen LogP contribution in [-0.2, 0) is 30.3 Å². The predicted octanol–water partition coefficient (Wildman–Crippen LogP) is 4.31. The van der Waals surface area contributed by atoms with Gasteiger partial charge in [0.05, 0.1) is 6.61 Å². The van der Waals surface area contributed by atoms with Crippen LogP contribution in [0.2, 0.25) is 0 Å². The van der Waals surface area contributed by atoms with Crippen molar-refractivity contribution in [3.05, 3.63) is 71.8 Å². The molecule has 2 aromatic rings. The largest absolute Gasteiger partial charge is 0.458 e. The molecule has 0 fully saturated rings. The van der Waals surface area contributed by atoms with Crippen molar-refractivity contribution in [1.82, 2.24) is 15.5 Å². The van der Waals surface area contributed by atoms with Gasteiger partial charge in [-0.05, 0) is 66.0 Å². The Kier molecular flexibility index (Phi) is 12.7. The molecule has 43 heavy (non-hydrogen) atoms. The highest BCUT2D eigenvalue weighted by molar-refractivity contribution is 5.94. The summed E-state index contributed by atoms with van der Waals surface area (Å²) < 4.78 is 10.9. The van der Waals surface area contributed by atoms with E-state index in [1.54, 1.807) is 78.8 Å². The highest BCUT2D eigenvalue weighted by atomic mass is 16.6. The van der Waals surface area contributed by atoms with Crippen LogP contribution in [0.5, 0.6) is 0 Å². The third-order valence-electron chi connectivity index (χ3n) is 6.42. The zero-order valence-corrected chi connectivity index (χ0v) is 26.5. The van der Waals surface area contributed by atoms with Crippen LogP contribution >= 0.6 is 0 Å². The first-order valence-corrected chi connectivity index (χ1v) is 14.6. The van der Waals surface area contributed by atoms with E-state index in [0.717, 1.165) is 5.56 Å². The number of benzene rings is 2. The number of esters is 1. The Balaban J connectivity index is 2.53. The fraction of sp³-hybridized carbons (Fsp3) is 0.515. The van der Waals surface area contributed by atoms with Crippen molar-refractivity contribution in [2.24, 2.45) is 0 Å². The molecule has 0 aliphatic rings. The first-order valence-electron chi connectivity index (χ1n) is 14.6. The fourth-order valence-electron chi connectivity index (χ4n) is 4.35. The van der Waals surface area contributed by atoms with E-state index in [1.807, 2.05) is 37.3 Å². The summed E-state index contributed by atoms with van der Waals surface area (Å²) in [6.07, 6.45) is -0.246. The van der Waals surface area contributed by atoms with E-state index in [4.69, 9.17) is 9.47 Å². The first-order chi connectivity index (χ1) is 20.1. The molecule has 4 unspecified atom stereocenters. The summed E-state index contributed by atoms with van der Waals surface area (Å²) in [6.45, 7) is 13.2. The van der Waals surface area contributed by atoms with Gasteiger partial charge >= 0.3 is 12.1 Å². The summed E-state index contributed by atoms with van der Waals surface area (Å²) in [5.74, 6) is -1.90. The Hall–Kier alpha value is -3.92. The van der Waals surface area contributed by atoms with Crippen molar-refractivity contribution in [3.63, 3.8) is 0 Å². The minimum absolute atomic E-state index is 0.166. The molecule has 3 amide bonds. The molecule has 236 valence electrons. The van der Waals surface area contributed by atoms with Crippen molar-refractivity contribution in [1.29, 1.82) is 0 Å². The van der Waals surface area contributed by atoms with Crippen molar-refractivity contribution in [2.45, 2.75) is 104 Å². The first kappa shape index (κ1) is 35.3. The smallest absolute Gasteiger partial charge is 0.408 e. The van der Waals surface area contributed by atoms with Gasteiger partial charge in [0.1, 0.15) is 29.3 Å². The summed E-state index contributed by atoms with van der Waals surface area (Å²) in [6, 6.07) is 13.8. The third kappa shape index (κ3) is 11.4. The second-order valence-corrected chi connectivity index (χ2v) is 12.5. The summed E-state index contributed by atoms with van der Waals surface area (Å²) in [5.41, 5.74) is -0.321. The Morgan fingerprint density at radius 3 is 1.84 bits per heavy atom. The number of amides is 3. The lowest BCUT2D eigenvalue weighted by Gasteiger charge is -2.38. The fourth-order valence-corrected chi connectivity index (χ4v) is 4.35. The molecule has 0 heterocycles. The summed E-state index contributed by atoms with van der Waals surface area (Å²) in [5, 5.41) is 15.4. The zero-order chi connectivity index (χ0) is 32.4. The lowest BCUT2D eigenvalue weighted by atomic mass is 9.99. The standard InChI is InChI=1S/C33H47N3O7/c1-9-22(2)36(29(39)26(21-37)35-31(41)43-33(6,7)8)27(24-18-14-11-15-19-24)28(38)34-25(30(40)42-32(3,4)5)20-23-16-12-10-13-17-23/h10-19,22,25-27,37H,9,20-21H2,1-8H3,(H,34,38)(H,35,41). The molecule has 0 aliphatic carbocycles. The van der Waals surface area contributed by atoms with Crippen molar-refractivity contribution < 1.29 is 33.8 Å². The van der Waals surface area contributed by atoms with Gasteiger partial charge in [-0.2, -0.15) is 0 Å². The number of hydrogen-bond donors (Lipinski definition) is 3. The van der Waals surface area contributed by atoms with Gasteiger partial charge in [0, 0.05) is 12.5 Å². The molecule has 0 spiro atoms. The normalized spacial score (nSPS) is 14.4. The van der Waals surface area contributed by atoms with Crippen LogP contribution in [0, 0.1) is 0 Å². The molecule has 4 atom stereocenters. The number of alkyl carbamates (subject to hydrolysis) is 1. The Morgan fingerprint density at radius 1 is 0.814 bits per heavy atom. The van der Waals surface area contributed by atoms with Gasteiger partial charge in [0.15, 0.2) is 0 Å². The molecule has 0 saturated carbocycles. The molecule has 10 nitrogen and oxygen atoms in total. The molecule has 2 aromatic carbocycles. The maximum absolute atomic E-state index is 14.2. The van der Waals surface area contributed by atoms with Gasteiger partial charge in [0.2, 0.25) is 11.8 Å². The predicted molar refractivity (Wildman–Crippen MR) is 164 cm³/mol. The van der Waals surface area contributed by atoms with E-state index in [9.17, 15) is 24.3 Å². The number of ether oxygens (including phenoxy) is 2. The summed E-state index contributed by atoms with van der Waals surface area (Å²) in [4.78, 5) is 55.4. The molecular weight excluding hydrogens is 550 g/mol. The van der Waals surface area contributed by atoms with E-state index in [0.29, 0.717) is 12.0 Å². The Labute approximate surface area is 255 Å². The van der Waals surface area contributed by atoms with Crippen LogP contribution in [0.4, 0.5) is 4.79 Å². The number of carbonyl (C=O) groups is 4. The van der Waals surface area contributed by atoms with E-state index < -0.39 is 65.9 Å². The second kappa shape index (κ2) is 15.5. The zero-order valence-electron chi connectivity index (χ0n) is 26.5. The molecule has 0 saturated heterocycles.